The van der Waals surface area contributed by atoms with Gasteiger partial charge in [0.1, 0.15) is 5.76 Å². The molecule has 1 aliphatic heterocycles. The molecule has 31 heavy (non-hydrogen) atoms. The van der Waals surface area contributed by atoms with Crippen LogP contribution >= 0.6 is 0 Å². The number of aryl methyl sites for hydroxylation is 3. The van der Waals surface area contributed by atoms with Gasteiger partial charge in [-0.3, -0.25) is 14.6 Å². The minimum atomic E-state index is -0.681. The third kappa shape index (κ3) is 3.87. The summed E-state index contributed by atoms with van der Waals surface area (Å²) in [6, 6.07) is 16.4. The van der Waals surface area contributed by atoms with Crippen LogP contribution in [0.15, 0.2) is 72.6 Å². The van der Waals surface area contributed by atoms with E-state index in [0.717, 1.165) is 27.8 Å². The molecule has 1 aromatic heterocycles. The summed E-state index contributed by atoms with van der Waals surface area (Å²) < 4.78 is 0. The number of likely N-dealkylation sites (tertiary alicyclic amines) is 1. The third-order valence-corrected chi connectivity index (χ3v) is 5.62. The first-order valence-electron chi connectivity index (χ1n) is 10.2. The SMILES string of the molecule is Cc1cccc(C2/C(=C(\O)c3cc(C)ccc3C)C(=O)C(=O)N2Cc2cccnc2)c1. The molecule has 4 rings (SSSR count). The number of carbonyl (C=O) groups excluding carboxylic acids is 2. The van der Waals surface area contributed by atoms with Crippen molar-refractivity contribution in [1.82, 2.24) is 9.88 Å². The van der Waals surface area contributed by atoms with Crippen LogP contribution in [0.5, 0.6) is 0 Å². The van der Waals surface area contributed by atoms with E-state index < -0.39 is 17.7 Å². The number of amides is 1. The summed E-state index contributed by atoms with van der Waals surface area (Å²) in [4.78, 5) is 31.9. The molecule has 0 bridgehead atoms. The van der Waals surface area contributed by atoms with E-state index >= 15 is 0 Å². The lowest BCUT2D eigenvalue weighted by molar-refractivity contribution is -0.140. The topological polar surface area (TPSA) is 70.5 Å². The number of aliphatic hydroxyl groups is 1. The third-order valence-electron chi connectivity index (χ3n) is 5.62. The summed E-state index contributed by atoms with van der Waals surface area (Å²) in [6.07, 6.45) is 3.34. The number of rotatable bonds is 4. The molecule has 5 heteroatoms. The maximum absolute atomic E-state index is 13.2. The number of hydrogen-bond donors (Lipinski definition) is 1. The van der Waals surface area contributed by atoms with Gasteiger partial charge in [0.2, 0.25) is 0 Å². The summed E-state index contributed by atoms with van der Waals surface area (Å²) in [5.74, 6) is -1.43. The monoisotopic (exact) mass is 412 g/mol. The van der Waals surface area contributed by atoms with Gasteiger partial charge in [-0.15, -0.1) is 0 Å². The highest BCUT2D eigenvalue weighted by Gasteiger charge is 2.46. The zero-order chi connectivity index (χ0) is 22.1. The fourth-order valence-corrected chi connectivity index (χ4v) is 4.05. The van der Waals surface area contributed by atoms with E-state index in [-0.39, 0.29) is 17.9 Å². The number of hydrogen-bond acceptors (Lipinski definition) is 4. The molecule has 0 radical (unpaired) electrons. The molecule has 1 atom stereocenters. The second kappa shape index (κ2) is 8.19. The minimum absolute atomic E-state index is 0.119. The predicted octanol–water partition coefficient (Wildman–Crippen LogP) is 4.63. The van der Waals surface area contributed by atoms with E-state index in [4.69, 9.17) is 0 Å². The molecular weight excluding hydrogens is 388 g/mol. The Morgan fingerprint density at radius 1 is 1.00 bits per heavy atom. The Labute approximate surface area is 181 Å². The molecular formula is C26H24N2O3. The van der Waals surface area contributed by atoms with Crippen LogP contribution in [0.3, 0.4) is 0 Å². The Kier molecular flexibility index (Phi) is 5.42. The van der Waals surface area contributed by atoms with Gasteiger partial charge in [0.05, 0.1) is 11.6 Å². The average Bonchev–Trinajstić information content (AvgIpc) is 3.00. The summed E-state index contributed by atoms with van der Waals surface area (Å²) in [6.45, 7) is 5.99. The van der Waals surface area contributed by atoms with E-state index in [1.807, 2.05) is 69.3 Å². The Hall–Kier alpha value is -3.73. The first kappa shape index (κ1) is 20.5. The number of aromatic nitrogens is 1. The Morgan fingerprint density at radius 3 is 2.48 bits per heavy atom. The van der Waals surface area contributed by atoms with Crippen molar-refractivity contribution < 1.29 is 14.7 Å². The van der Waals surface area contributed by atoms with Crippen LogP contribution < -0.4 is 0 Å². The highest BCUT2D eigenvalue weighted by molar-refractivity contribution is 6.46. The van der Waals surface area contributed by atoms with E-state index in [2.05, 4.69) is 4.98 Å². The van der Waals surface area contributed by atoms with Crippen LogP contribution in [0, 0.1) is 20.8 Å². The minimum Gasteiger partial charge on any atom is -0.507 e. The van der Waals surface area contributed by atoms with Crippen LogP contribution in [0.4, 0.5) is 0 Å². The Morgan fingerprint density at radius 2 is 1.77 bits per heavy atom. The van der Waals surface area contributed by atoms with Gasteiger partial charge < -0.3 is 10.0 Å². The molecule has 1 unspecified atom stereocenters. The Bertz CT molecular complexity index is 1200. The summed E-state index contributed by atoms with van der Waals surface area (Å²) in [7, 11) is 0. The quantitative estimate of drug-likeness (QED) is 0.385. The van der Waals surface area contributed by atoms with Crippen molar-refractivity contribution in [2.75, 3.05) is 0 Å². The molecule has 3 aromatic rings. The van der Waals surface area contributed by atoms with Crippen molar-refractivity contribution in [3.8, 4) is 0 Å². The molecule has 1 N–H and O–H groups in total. The lowest BCUT2D eigenvalue weighted by Gasteiger charge is -2.25. The smallest absolute Gasteiger partial charge is 0.295 e. The van der Waals surface area contributed by atoms with Crippen LogP contribution in [0.1, 0.15) is 39.4 Å². The molecule has 1 saturated heterocycles. The highest BCUT2D eigenvalue weighted by atomic mass is 16.3. The fourth-order valence-electron chi connectivity index (χ4n) is 4.05. The van der Waals surface area contributed by atoms with E-state index in [0.29, 0.717) is 5.56 Å². The van der Waals surface area contributed by atoms with Crippen molar-refractivity contribution in [3.05, 3.63) is 106 Å². The van der Waals surface area contributed by atoms with Crippen LogP contribution in [0.25, 0.3) is 5.76 Å². The number of benzene rings is 2. The fraction of sp³-hybridized carbons (Fsp3) is 0.192. The van der Waals surface area contributed by atoms with Gasteiger partial charge in [0.15, 0.2) is 0 Å². The largest absolute Gasteiger partial charge is 0.507 e. The predicted molar refractivity (Wildman–Crippen MR) is 119 cm³/mol. The first-order valence-corrected chi connectivity index (χ1v) is 10.2. The maximum Gasteiger partial charge on any atom is 0.295 e. The van der Waals surface area contributed by atoms with Gasteiger partial charge in [0.25, 0.3) is 11.7 Å². The van der Waals surface area contributed by atoms with Gasteiger partial charge >= 0.3 is 0 Å². The molecule has 0 saturated carbocycles. The number of ketones is 1. The maximum atomic E-state index is 13.2. The van der Waals surface area contributed by atoms with Gasteiger partial charge in [-0.25, -0.2) is 0 Å². The van der Waals surface area contributed by atoms with Gasteiger partial charge in [-0.1, -0.05) is 53.6 Å². The molecule has 156 valence electrons. The summed E-state index contributed by atoms with van der Waals surface area (Å²) in [5.41, 5.74) is 5.10. The Balaban J connectivity index is 1.91. The highest BCUT2D eigenvalue weighted by Crippen LogP contribution is 2.41. The lowest BCUT2D eigenvalue weighted by atomic mass is 9.92. The lowest BCUT2D eigenvalue weighted by Crippen LogP contribution is -2.29. The molecule has 0 spiro atoms. The van der Waals surface area contributed by atoms with Crippen molar-refractivity contribution in [2.24, 2.45) is 0 Å². The van der Waals surface area contributed by atoms with Gasteiger partial charge in [0, 0.05) is 24.5 Å². The van der Waals surface area contributed by atoms with Crippen LogP contribution in [-0.4, -0.2) is 26.7 Å². The van der Waals surface area contributed by atoms with Crippen molar-refractivity contribution in [3.63, 3.8) is 0 Å². The molecule has 1 aliphatic rings. The molecule has 5 nitrogen and oxygen atoms in total. The zero-order valence-corrected chi connectivity index (χ0v) is 17.8. The summed E-state index contributed by atoms with van der Waals surface area (Å²) in [5, 5.41) is 11.3. The van der Waals surface area contributed by atoms with E-state index in [1.165, 1.54) is 4.90 Å². The normalized spacial score (nSPS) is 17.9. The van der Waals surface area contributed by atoms with Gasteiger partial charge in [-0.05, 0) is 49.6 Å². The number of nitrogens with zero attached hydrogens (tertiary/aromatic N) is 2. The standard InChI is InChI=1S/C26H24N2O3/c1-16-6-4-8-20(12-16)23-22(24(29)21-13-17(2)9-10-18(21)3)25(30)26(31)28(23)15-19-7-5-11-27-14-19/h4-14,23,29H,15H2,1-3H3/b24-22+. The molecule has 2 heterocycles. The molecule has 1 amide bonds. The second-order valence-electron chi connectivity index (χ2n) is 8.02. The molecule has 1 fully saturated rings. The second-order valence-corrected chi connectivity index (χ2v) is 8.02. The van der Waals surface area contributed by atoms with E-state index in [1.54, 1.807) is 18.5 Å². The zero-order valence-electron chi connectivity index (χ0n) is 17.8. The van der Waals surface area contributed by atoms with Crippen LogP contribution in [0.2, 0.25) is 0 Å². The van der Waals surface area contributed by atoms with Gasteiger partial charge in [-0.2, -0.15) is 0 Å². The number of pyridine rings is 1. The van der Waals surface area contributed by atoms with E-state index in [9.17, 15) is 14.7 Å². The summed E-state index contributed by atoms with van der Waals surface area (Å²) >= 11 is 0. The van der Waals surface area contributed by atoms with Crippen molar-refractivity contribution in [2.45, 2.75) is 33.4 Å². The number of aliphatic hydroxyl groups excluding tert-OH is 1. The van der Waals surface area contributed by atoms with Crippen molar-refractivity contribution in [1.29, 1.82) is 0 Å². The van der Waals surface area contributed by atoms with Crippen molar-refractivity contribution >= 4 is 17.4 Å². The molecule has 0 aliphatic carbocycles. The molecule has 2 aromatic carbocycles. The van der Waals surface area contributed by atoms with Crippen LogP contribution in [-0.2, 0) is 16.1 Å². The average molecular weight is 412 g/mol. The number of carbonyl (C=O) groups is 2. The number of Topliss-reactive ketones (excluding diaryl/α,β-unsaturated/α-hetero) is 1. The first-order chi connectivity index (χ1) is 14.9.